The van der Waals surface area contributed by atoms with Gasteiger partial charge in [-0.15, -0.1) is 0 Å². The summed E-state index contributed by atoms with van der Waals surface area (Å²) in [6.07, 6.45) is 5.99. The lowest BCUT2D eigenvalue weighted by atomic mass is 9.77. The molecule has 0 radical (unpaired) electrons. The van der Waals surface area contributed by atoms with Crippen LogP contribution in [0.2, 0.25) is 5.02 Å². The van der Waals surface area contributed by atoms with Gasteiger partial charge in [0.2, 0.25) is 0 Å². The molecule has 0 bridgehead atoms. The molecule has 2 heterocycles. The van der Waals surface area contributed by atoms with Gasteiger partial charge in [-0.3, -0.25) is 14.6 Å². The number of nitrogens with two attached hydrogens (primary N) is 1. The fraction of sp³-hybridized carbons (Fsp3) is 0.318. The summed E-state index contributed by atoms with van der Waals surface area (Å²) in [7, 11) is 0. The summed E-state index contributed by atoms with van der Waals surface area (Å²) < 4.78 is 5.69. The van der Waals surface area contributed by atoms with Crippen LogP contribution in [0.25, 0.3) is 11.3 Å². The summed E-state index contributed by atoms with van der Waals surface area (Å²) >= 11 is 5.90. The van der Waals surface area contributed by atoms with Crippen molar-refractivity contribution in [2.75, 3.05) is 6.54 Å². The largest absolute Gasteiger partial charge is 0.451 e. The molecule has 1 aliphatic heterocycles. The number of dihydropyridines is 1. The quantitative estimate of drug-likeness (QED) is 0.803. The monoisotopic (exact) mass is 411 g/mol. The number of ketones is 1. The summed E-state index contributed by atoms with van der Waals surface area (Å²) in [4.78, 5) is 28.6. The van der Waals surface area contributed by atoms with E-state index in [2.05, 4.69) is 10.3 Å². The number of hydrogen-bond donors (Lipinski definition) is 2. The minimum absolute atomic E-state index is 0.232. The molecule has 0 spiro atoms. The molecule has 2 aromatic rings. The Morgan fingerprint density at radius 3 is 2.55 bits per heavy atom. The van der Waals surface area contributed by atoms with Crippen molar-refractivity contribution in [2.24, 2.45) is 10.7 Å². The number of hydrogen-bond acceptors (Lipinski definition) is 5. The van der Waals surface area contributed by atoms with Gasteiger partial charge in [0.05, 0.1) is 23.8 Å². The number of benzene rings is 1. The second-order valence-corrected chi connectivity index (χ2v) is 7.97. The van der Waals surface area contributed by atoms with E-state index in [0.29, 0.717) is 43.0 Å². The van der Waals surface area contributed by atoms with Crippen LogP contribution in [0.4, 0.5) is 0 Å². The first-order valence-electron chi connectivity index (χ1n) is 9.63. The zero-order chi connectivity index (χ0) is 20.4. The number of carbonyl (C=O) groups excluding carboxylic acids is 2. The van der Waals surface area contributed by atoms with Crippen molar-refractivity contribution in [3.8, 4) is 11.3 Å². The maximum Gasteiger partial charge on any atom is 0.287 e. The Labute approximate surface area is 173 Å². The van der Waals surface area contributed by atoms with Gasteiger partial charge in [0.25, 0.3) is 5.91 Å². The summed E-state index contributed by atoms with van der Waals surface area (Å²) in [6, 6.07) is 10.4. The molecule has 29 heavy (non-hydrogen) atoms. The van der Waals surface area contributed by atoms with Crippen molar-refractivity contribution >= 4 is 29.0 Å². The highest BCUT2D eigenvalue weighted by Crippen LogP contribution is 2.27. The van der Waals surface area contributed by atoms with Crippen LogP contribution in [-0.2, 0) is 4.79 Å². The van der Waals surface area contributed by atoms with Crippen molar-refractivity contribution in [3.05, 3.63) is 59.3 Å². The first-order valence-corrected chi connectivity index (χ1v) is 10.0. The van der Waals surface area contributed by atoms with E-state index in [1.54, 1.807) is 24.3 Å². The van der Waals surface area contributed by atoms with Crippen LogP contribution in [-0.4, -0.2) is 35.5 Å². The van der Waals surface area contributed by atoms with E-state index in [-0.39, 0.29) is 23.5 Å². The van der Waals surface area contributed by atoms with Gasteiger partial charge in [-0.2, -0.15) is 0 Å². The van der Waals surface area contributed by atoms with Crippen LogP contribution in [0, 0.1) is 0 Å². The Bertz CT molecular complexity index is 981. The number of rotatable bonds is 4. The molecule has 1 amide bonds. The van der Waals surface area contributed by atoms with Crippen molar-refractivity contribution < 1.29 is 14.0 Å². The molecule has 0 saturated heterocycles. The number of Topliss-reactive ketones (excluding diaryl/α,β-unsaturated/α-hetero) is 1. The van der Waals surface area contributed by atoms with Crippen LogP contribution in [0.1, 0.15) is 36.2 Å². The highest BCUT2D eigenvalue weighted by atomic mass is 35.5. The Balaban J connectivity index is 1.37. The molecule has 7 heteroatoms. The van der Waals surface area contributed by atoms with E-state index < -0.39 is 5.54 Å². The second-order valence-electron chi connectivity index (χ2n) is 7.53. The fourth-order valence-electron chi connectivity index (χ4n) is 3.63. The van der Waals surface area contributed by atoms with E-state index in [1.807, 2.05) is 24.3 Å². The molecule has 150 valence electrons. The van der Waals surface area contributed by atoms with Gasteiger partial charge in [0.1, 0.15) is 11.5 Å². The zero-order valence-electron chi connectivity index (χ0n) is 15.9. The normalized spacial score (nSPS) is 21.0. The molecule has 3 N–H and O–H groups in total. The molecule has 1 unspecified atom stereocenters. The van der Waals surface area contributed by atoms with Crippen LogP contribution in [0.15, 0.2) is 58.0 Å². The molecule has 1 aliphatic carbocycles. The van der Waals surface area contributed by atoms with Crippen molar-refractivity contribution in [1.29, 1.82) is 0 Å². The van der Waals surface area contributed by atoms with Crippen molar-refractivity contribution in [2.45, 2.75) is 37.3 Å². The van der Waals surface area contributed by atoms with Gasteiger partial charge in [-0.25, -0.2) is 0 Å². The fourth-order valence-corrected chi connectivity index (χ4v) is 3.76. The third kappa shape index (κ3) is 4.33. The number of amides is 1. The minimum atomic E-state index is -0.548. The summed E-state index contributed by atoms with van der Waals surface area (Å²) in [6.45, 7) is 0.412. The standard InChI is InChI=1S/C22H22ClN3O3/c23-15-3-1-14(2-4-15)18-6-7-19(29-18)21(28)26-16-5-8-20(25-13-16)22(24)11-9-17(27)10-12-22/h1-8,16H,9-13,24H2,(H,26,28). The molecule has 1 atom stereocenters. The van der Waals surface area contributed by atoms with E-state index in [9.17, 15) is 9.59 Å². The third-order valence-corrected chi connectivity index (χ3v) is 5.68. The molecular weight excluding hydrogens is 390 g/mol. The topological polar surface area (TPSA) is 97.7 Å². The predicted molar refractivity (Wildman–Crippen MR) is 112 cm³/mol. The van der Waals surface area contributed by atoms with Crippen LogP contribution in [0.5, 0.6) is 0 Å². The number of nitrogens with one attached hydrogen (secondary N) is 1. The van der Waals surface area contributed by atoms with Gasteiger partial charge in [0, 0.05) is 23.4 Å². The molecule has 1 aromatic heterocycles. The Morgan fingerprint density at radius 2 is 1.90 bits per heavy atom. The van der Waals surface area contributed by atoms with E-state index in [4.69, 9.17) is 21.8 Å². The van der Waals surface area contributed by atoms with Gasteiger partial charge in [-0.1, -0.05) is 17.7 Å². The summed E-state index contributed by atoms with van der Waals surface area (Å²) in [5.41, 5.74) is 7.56. The molecule has 6 nitrogen and oxygen atoms in total. The second kappa shape index (κ2) is 7.97. The Kier molecular flexibility index (Phi) is 5.39. The molecule has 1 aromatic carbocycles. The first-order chi connectivity index (χ1) is 13.9. The predicted octanol–water partition coefficient (Wildman–Crippen LogP) is 3.55. The Hall–Kier alpha value is -2.70. The Morgan fingerprint density at radius 1 is 1.17 bits per heavy atom. The molecule has 2 aliphatic rings. The number of nitrogens with zero attached hydrogens (tertiary/aromatic N) is 1. The average molecular weight is 412 g/mol. The summed E-state index contributed by atoms with van der Waals surface area (Å²) in [5.74, 6) is 0.791. The van der Waals surface area contributed by atoms with E-state index in [0.717, 1.165) is 11.3 Å². The average Bonchev–Trinajstić information content (AvgIpc) is 3.22. The highest BCUT2D eigenvalue weighted by Gasteiger charge is 2.35. The smallest absolute Gasteiger partial charge is 0.287 e. The van der Waals surface area contributed by atoms with E-state index in [1.165, 1.54) is 0 Å². The first kappa shape index (κ1) is 19.6. The number of furan rings is 1. The molecule has 4 rings (SSSR count). The third-order valence-electron chi connectivity index (χ3n) is 5.43. The maximum atomic E-state index is 12.5. The molecule has 1 saturated carbocycles. The SMILES string of the molecule is NC1(C2=NCC(NC(=O)c3ccc(-c4ccc(Cl)cc4)o3)C=C2)CCC(=O)CC1. The van der Waals surface area contributed by atoms with Gasteiger partial charge < -0.3 is 15.5 Å². The van der Waals surface area contributed by atoms with Gasteiger partial charge in [-0.05, 0) is 55.3 Å². The maximum absolute atomic E-state index is 12.5. The van der Waals surface area contributed by atoms with Crippen molar-refractivity contribution in [3.63, 3.8) is 0 Å². The zero-order valence-corrected chi connectivity index (χ0v) is 16.6. The lowest BCUT2D eigenvalue weighted by Gasteiger charge is -2.34. The number of aliphatic imine (C=N–C) groups is 1. The summed E-state index contributed by atoms with van der Waals surface area (Å²) in [5, 5.41) is 3.55. The van der Waals surface area contributed by atoms with Crippen LogP contribution < -0.4 is 11.1 Å². The lowest BCUT2D eigenvalue weighted by Crippen LogP contribution is -2.51. The van der Waals surface area contributed by atoms with Gasteiger partial charge >= 0.3 is 0 Å². The van der Waals surface area contributed by atoms with Crippen LogP contribution >= 0.6 is 11.6 Å². The van der Waals surface area contributed by atoms with E-state index >= 15 is 0 Å². The molecule has 1 fully saturated rings. The van der Waals surface area contributed by atoms with Gasteiger partial charge in [0.15, 0.2) is 5.76 Å². The number of halogens is 1. The highest BCUT2D eigenvalue weighted by molar-refractivity contribution is 6.30. The van der Waals surface area contributed by atoms with Crippen LogP contribution in [0.3, 0.4) is 0 Å². The molecular formula is C22H22ClN3O3. The minimum Gasteiger partial charge on any atom is -0.451 e. The number of carbonyl (C=O) groups is 2. The van der Waals surface area contributed by atoms with Crippen molar-refractivity contribution in [1.82, 2.24) is 5.32 Å². The lowest BCUT2D eigenvalue weighted by molar-refractivity contribution is -0.120.